The van der Waals surface area contributed by atoms with Crippen molar-refractivity contribution in [2.45, 2.75) is 40.7 Å². The molecule has 0 aliphatic rings. The minimum atomic E-state index is 0.128. The third-order valence-corrected chi connectivity index (χ3v) is 3.18. The highest BCUT2D eigenvalue weighted by atomic mass is 16.1. The van der Waals surface area contributed by atoms with E-state index in [0.717, 1.165) is 19.6 Å². The number of amides is 1. The summed E-state index contributed by atoms with van der Waals surface area (Å²) in [6.07, 6.45) is 0.539. The van der Waals surface area contributed by atoms with Gasteiger partial charge in [-0.25, -0.2) is 0 Å². The van der Waals surface area contributed by atoms with Gasteiger partial charge in [-0.15, -0.1) is 0 Å². The molecule has 3 nitrogen and oxygen atoms in total. The second-order valence-corrected chi connectivity index (χ2v) is 5.50. The van der Waals surface area contributed by atoms with E-state index in [9.17, 15) is 4.79 Å². The fourth-order valence-electron chi connectivity index (χ4n) is 1.95. The molecular weight excluding hydrogens is 236 g/mol. The third kappa shape index (κ3) is 5.88. The van der Waals surface area contributed by atoms with Crippen molar-refractivity contribution in [3.05, 3.63) is 34.9 Å². The smallest absolute Gasteiger partial charge is 0.221 e. The number of nitrogens with one attached hydrogen (secondary N) is 2. The molecule has 0 spiro atoms. The van der Waals surface area contributed by atoms with Crippen LogP contribution >= 0.6 is 0 Å². The molecule has 1 aromatic rings. The van der Waals surface area contributed by atoms with Gasteiger partial charge in [0.15, 0.2) is 0 Å². The third-order valence-electron chi connectivity index (χ3n) is 3.18. The zero-order valence-electron chi connectivity index (χ0n) is 12.5. The first-order valence-corrected chi connectivity index (χ1v) is 7.03. The Morgan fingerprint density at radius 2 is 1.84 bits per heavy atom. The lowest BCUT2D eigenvalue weighted by Crippen LogP contribution is -2.30. The van der Waals surface area contributed by atoms with Gasteiger partial charge in [0.05, 0.1) is 0 Å². The van der Waals surface area contributed by atoms with E-state index in [-0.39, 0.29) is 5.91 Å². The second-order valence-electron chi connectivity index (χ2n) is 5.50. The lowest BCUT2D eigenvalue weighted by atomic mass is 10.0. The van der Waals surface area contributed by atoms with Crippen LogP contribution in [0.2, 0.25) is 0 Å². The van der Waals surface area contributed by atoms with Gasteiger partial charge < -0.3 is 10.6 Å². The number of carbonyl (C=O) groups excluding carboxylic acids is 1. The molecule has 1 aromatic carbocycles. The molecular formula is C16H26N2O. The standard InChI is InChI=1S/C16H26N2O/c1-12(2)10-18-16(19)8-9-17-11-15-13(3)6-5-7-14(15)4/h5-7,12,17H,8-11H2,1-4H3,(H,18,19). The van der Waals surface area contributed by atoms with Crippen molar-refractivity contribution >= 4 is 5.91 Å². The molecule has 1 rings (SSSR count). The van der Waals surface area contributed by atoms with Gasteiger partial charge in [-0.2, -0.15) is 0 Å². The summed E-state index contributed by atoms with van der Waals surface area (Å²) in [4.78, 5) is 11.5. The predicted octanol–water partition coefficient (Wildman–Crippen LogP) is 2.56. The summed E-state index contributed by atoms with van der Waals surface area (Å²) in [7, 11) is 0. The van der Waals surface area contributed by atoms with Crippen LogP contribution in [0, 0.1) is 19.8 Å². The first kappa shape index (κ1) is 15.7. The minimum Gasteiger partial charge on any atom is -0.356 e. The van der Waals surface area contributed by atoms with E-state index in [0.29, 0.717) is 12.3 Å². The zero-order chi connectivity index (χ0) is 14.3. The van der Waals surface area contributed by atoms with Crippen molar-refractivity contribution in [1.82, 2.24) is 10.6 Å². The van der Waals surface area contributed by atoms with Gasteiger partial charge in [0.25, 0.3) is 0 Å². The Morgan fingerprint density at radius 3 is 2.42 bits per heavy atom. The molecule has 0 aliphatic carbocycles. The van der Waals surface area contributed by atoms with Crippen LogP contribution in [0.25, 0.3) is 0 Å². The summed E-state index contributed by atoms with van der Waals surface area (Å²) in [5.74, 6) is 0.634. The summed E-state index contributed by atoms with van der Waals surface area (Å²) >= 11 is 0. The Hall–Kier alpha value is -1.35. The van der Waals surface area contributed by atoms with Crippen molar-refractivity contribution in [2.75, 3.05) is 13.1 Å². The largest absolute Gasteiger partial charge is 0.356 e. The molecule has 0 atom stereocenters. The summed E-state index contributed by atoms with van der Waals surface area (Å²) in [6.45, 7) is 10.8. The molecule has 19 heavy (non-hydrogen) atoms. The number of hydrogen-bond acceptors (Lipinski definition) is 2. The van der Waals surface area contributed by atoms with Crippen molar-refractivity contribution in [3.63, 3.8) is 0 Å². The van der Waals surface area contributed by atoms with E-state index < -0.39 is 0 Å². The van der Waals surface area contributed by atoms with Crippen LogP contribution in [0.1, 0.15) is 37.0 Å². The highest BCUT2D eigenvalue weighted by Gasteiger charge is 2.04. The van der Waals surface area contributed by atoms with E-state index in [2.05, 4.69) is 56.5 Å². The van der Waals surface area contributed by atoms with Gasteiger partial charge in [0.1, 0.15) is 0 Å². The highest BCUT2D eigenvalue weighted by molar-refractivity contribution is 5.76. The monoisotopic (exact) mass is 262 g/mol. The minimum absolute atomic E-state index is 0.128. The molecule has 0 saturated carbocycles. The van der Waals surface area contributed by atoms with Crippen LogP contribution in [0.5, 0.6) is 0 Å². The number of rotatable bonds is 7. The van der Waals surface area contributed by atoms with Gasteiger partial charge in [0.2, 0.25) is 5.91 Å². The van der Waals surface area contributed by atoms with Crippen LogP contribution in [-0.4, -0.2) is 19.0 Å². The molecule has 0 unspecified atom stereocenters. The maximum absolute atomic E-state index is 11.5. The first-order valence-electron chi connectivity index (χ1n) is 7.03. The Bertz CT molecular complexity index is 393. The molecule has 2 N–H and O–H groups in total. The molecule has 3 heteroatoms. The van der Waals surface area contributed by atoms with Crippen LogP contribution in [0.15, 0.2) is 18.2 Å². The number of carbonyl (C=O) groups is 1. The van der Waals surface area contributed by atoms with Gasteiger partial charge in [-0.3, -0.25) is 4.79 Å². The molecule has 0 aliphatic heterocycles. The second kappa shape index (κ2) is 7.95. The van der Waals surface area contributed by atoms with Gasteiger partial charge in [0, 0.05) is 26.1 Å². The highest BCUT2D eigenvalue weighted by Crippen LogP contribution is 2.12. The Labute approximate surface area is 116 Å². The van der Waals surface area contributed by atoms with Gasteiger partial charge >= 0.3 is 0 Å². The fourth-order valence-corrected chi connectivity index (χ4v) is 1.95. The van der Waals surface area contributed by atoms with Crippen LogP contribution in [0.4, 0.5) is 0 Å². The predicted molar refractivity (Wildman–Crippen MR) is 80.1 cm³/mol. The first-order chi connectivity index (χ1) is 9.00. The van der Waals surface area contributed by atoms with E-state index in [4.69, 9.17) is 0 Å². The zero-order valence-corrected chi connectivity index (χ0v) is 12.5. The SMILES string of the molecule is Cc1cccc(C)c1CNCCC(=O)NCC(C)C. The molecule has 0 radical (unpaired) electrons. The molecule has 0 saturated heterocycles. The van der Waals surface area contributed by atoms with E-state index >= 15 is 0 Å². The van der Waals surface area contributed by atoms with Crippen LogP contribution < -0.4 is 10.6 Å². The van der Waals surface area contributed by atoms with E-state index in [1.165, 1.54) is 16.7 Å². The van der Waals surface area contributed by atoms with E-state index in [1.807, 2.05) is 0 Å². The van der Waals surface area contributed by atoms with Gasteiger partial charge in [-0.05, 0) is 36.5 Å². The van der Waals surface area contributed by atoms with Crippen molar-refractivity contribution in [1.29, 1.82) is 0 Å². The lowest BCUT2D eigenvalue weighted by molar-refractivity contribution is -0.121. The van der Waals surface area contributed by atoms with E-state index in [1.54, 1.807) is 0 Å². The quantitative estimate of drug-likeness (QED) is 0.742. The van der Waals surface area contributed by atoms with Crippen LogP contribution in [0.3, 0.4) is 0 Å². The van der Waals surface area contributed by atoms with Crippen LogP contribution in [-0.2, 0) is 11.3 Å². The topological polar surface area (TPSA) is 41.1 Å². The van der Waals surface area contributed by atoms with Gasteiger partial charge in [-0.1, -0.05) is 32.0 Å². The molecule has 0 bridgehead atoms. The molecule has 106 valence electrons. The maximum atomic E-state index is 11.5. The molecule has 0 heterocycles. The van der Waals surface area contributed by atoms with Crippen molar-refractivity contribution in [3.8, 4) is 0 Å². The Kier molecular flexibility index (Phi) is 6.57. The molecule has 0 aromatic heterocycles. The summed E-state index contributed by atoms with van der Waals surface area (Å²) < 4.78 is 0. The summed E-state index contributed by atoms with van der Waals surface area (Å²) in [6, 6.07) is 6.33. The Morgan fingerprint density at radius 1 is 1.21 bits per heavy atom. The van der Waals surface area contributed by atoms with Crippen molar-refractivity contribution in [2.24, 2.45) is 5.92 Å². The summed E-state index contributed by atoms with van der Waals surface area (Å²) in [5, 5.41) is 6.27. The molecule has 0 fully saturated rings. The number of hydrogen-bond donors (Lipinski definition) is 2. The average Bonchev–Trinajstić information content (AvgIpc) is 2.35. The molecule has 1 amide bonds. The summed E-state index contributed by atoms with van der Waals surface area (Å²) in [5.41, 5.74) is 3.94. The maximum Gasteiger partial charge on any atom is 0.221 e. The number of aryl methyl sites for hydroxylation is 2. The van der Waals surface area contributed by atoms with Crippen molar-refractivity contribution < 1.29 is 4.79 Å². The average molecular weight is 262 g/mol. The lowest BCUT2D eigenvalue weighted by Gasteiger charge is -2.11. The fraction of sp³-hybridized carbons (Fsp3) is 0.562. The number of benzene rings is 1. The Balaban J connectivity index is 2.26. The normalized spacial score (nSPS) is 10.8.